The Bertz CT molecular complexity index is 171. The number of halogens is 1. The molecule has 0 saturated carbocycles. The maximum atomic E-state index is 10.6. The zero-order valence-electron chi connectivity index (χ0n) is 5.85. The fourth-order valence-corrected chi connectivity index (χ4v) is 0.694. The van der Waals surface area contributed by atoms with E-state index in [1.807, 2.05) is 28.7 Å². The van der Waals surface area contributed by atoms with Crippen molar-refractivity contribution in [3.05, 3.63) is 0 Å². The van der Waals surface area contributed by atoms with Crippen molar-refractivity contribution in [2.45, 2.75) is 16.8 Å². The lowest BCUT2D eigenvalue weighted by Crippen LogP contribution is -2.18. The third kappa shape index (κ3) is 3.67. The Morgan fingerprint density at radius 3 is 2.70 bits per heavy atom. The van der Waals surface area contributed by atoms with Gasteiger partial charge in [-0.15, -0.1) is 0 Å². The van der Waals surface area contributed by atoms with Crippen LogP contribution in [0.1, 0.15) is 13.3 Å². The van der Waals surface area contributed by atoms with Crippen molar-refractivity contribution in [1.82, 2.24) is 0 Å². The molecule has 0 aromatic rings. The van der Waals surface area contributed by atoms with Crippen molar-refractivity contribution in [2.75, 3.05) is 7.11 Å². The summed E-state index contributed by atoms with van der Waals surface area (Å²) < 4.78 is 3.76. The number of rotatable bonds is 2. The van der Waals surface area contributed by atoms with Gasteiger partial charge in [-0.2, -0.15) is 5.26 Å². The molecule has 0 spiro atoms. The molecule has 0 aliphatic carbocycles. The molecule has 1 atom stereocenters. The first-order valence-corrected chi connectivity index (χ1v) is 3.76. The highest BCUT2D eigenvalue weighted by Crippen LogP contribution is 2.21. The second-order valence-electron chi connectivity index (χ2n) is 2.06. The minimum Gasteiger partial charge on any atom is -0.469 e. The number of hydrogen-bond acceptors (Lipinski definition) is 3. The number of esters is 1. The Balaban J connectivity index is 3.92. The number of hydrogen-bond donors (Lipinski definition) is 0. The van der Waals surface area contributed by atoms with E-state index in [-0.39, 0.29) is 12.4 Å². The maximum Gasteiger partial charge on any atom is 0.307 e. The third-order valence-electron chi connectivity index (χ3n) is 0.937. The monoisotopic (exact) mass is 253 g/mol. The van der Waals surface area contributed by atoms with E-state index in [0.717, 1.165) is 0 Å². The Labute approximate surface area is 73.5 Å². The van der Waals surface area contributed by atoms with Gasteiger partial charge < -0.3 is 4.74 Å². The molecule has 0 saturated heterocycles. The van der Waals surface area contributed by atoms with E-state index in [2.05, 4.69) is 4.74 Å². The van der Waals surface area contributed by atoms with Crippen molar-refractivity contribution in [3.8, 4) is 6.07 Å². The van der Waals surface area contributed by atoms with E-state index in [0.29, 0.717) is 0 Å². The van der Waals surface area contributed by atoms with Gasteiger partial charge in [0.25, 0.3) is 0 Å². The minimum atomic E-state index is -0.634. The van der Waals surface area contributed by atoms with Crippen LogP contribution in [0.5, 0.6) is 0 Å². The molecule has 0 radical (unpaired) electrons. The van der Waals surface area contributed by atoms with Gasteiger partial charge in [0.15, 0.2) is 0 Å². The van der Waals surface area contributed by atoms with E-state index in [1.165, 1.54) is 7.11 Å². The zero-order chi connectivity index (χ0) is 8.20. The number of methoxy groups -OCH3 is 1. The summed E-state index contributed by atoms with van der Waals surface area (Å²) in [6, 6.07) is 1.99. The van der Waals surface area contributed by atoms with Gasteiger partial charge in [-0.25, -0.2) is 0 Å². The smallest absolute Gasteiger partial charge is 0.307 e. The van der Waals surface area contributed by atoms with Crippen molar-refractivity contribution in [3.63, 3.8) is 0 Å². The van der Waals surface area contributed by atoms with Gasteiger partial charge >= 0.3 is 5.97 Å². The van der Waals surface area contributed by atoms with Crippen LogP contribution in [0.25, 0.3) is 0 Å². The number of nitriles is 1. The summed E-state index contributed by atoms with van der Waals surface area (Å²) in [7, 11) is 1.31. The van der Waals surface area contributed by atoms with E-state index in [4.69, 9.17) is 5.26 Å². The molecule has 0 bridgehead atoms. The van der Waals surface area contributed by atoms with Crippen LogP contribution < -0.4 is 0 Å². The Morgan fingerprint density at radius 1 is 1.90 bits per heavy atom. The second-order valence-corrected chi connectivity index (χ2v) is 4.44. The Hall–Kier alpha value is -0.310. The van der Waals surface area contributed by atoms with Crippen LogP contribution >= 0.6 is 22.6 Å². The molecule has 0 N–H and O–H groups in total. The van der Waals surface area contributed by atoms with Crippen LogP contribution in [-0.4, -0.2) is 16.5 Å². The number of carbonyl (C=O) groups excluding carboxylic acids is 1. The quantitative estimate of drug-likeness (QED) is 0.423. The molecule has 0 fully saturated rings. The van der Waals surface area contributed by atoms with Crippen LogP contribution in [-0.2, 0) is 9.53 Å². The number of ether oxygens (including phenoxy) is 1. The van der Waals surface area contributed by atoms with Crippen molar-refractivity contribution < 1.29 is 9.53 Å². The Morgan fingerprint density at radius 2 is 2.40 bits per heavy atom. The highest BCUT2D eigenvalue weighted by atomic mass is 127. The first-order chi connectivity index (χ1) is 4.52. The first kappa shape index (κ1) is 9.69. The van der Waals surface area contributed by atoms with Crippen molar-refractivity contribution in [1.29, 1.82) is 5.26 Å². The molecule has 0 amide bonds. The topological polar surface area (TPSA) is 50.1 Å². The molecule has 4 heteroatoms. The number of carbonyl (C=O) groups is 1. The van der Waals surface area contributed by atoms with E-state index < -0.39 is 3.42 Å². The SMILES string of the molecule is COC(=O)CC(C)(I)C#N. The molecule has 0 aromatic carbocycles. The van der Waals surface area contributed by atoms with Crippen LogP contribution in [0.2, 0.25) is 0 Å². The minimum absolute atomic E-state index is 0.139. The molecular formula is C6H8INO2. The molecule has 0 heterocycles. The summed E-state index contributed by atoms with van der Waals surface area (Å²) in [5.41, 5.74) is 0. The second kappa shape index (κ2) is 3.76. The summed E-state index contributed by atoms with van der Waals surface area (Å²) in [4.78, 5) is 10.6. The van der Waals surface area contributed by atoms with Crippen LogP contribution in [0.3, 0.4) is 0 Å². The van der Waals surface area contributed by atoms with Crippen molar-refractivity contribution >= 4 is 28.6 Å². The third-order valence-corrected chi connectivity index (χ3v) is 1.56. The van der Waals surface area contributed by atoms with Gasteiger partial charge in [-0.3, -0.25) is 4.79 Å². The van der Waals surface area contributed by atoms with Gasteiger partial charge in [0.1, 0.15) is 3.42 Å². The first-order valence-electron chi connectivity index (χ1n) is 2.69. The standard InChI is InChI=1S/C6H8INO2/c1-6(7,4-8)3-5(9)10-2/h3H2,1-2H3. The maximum absolute atomic E-state index is 10.6. The lowest BCUT2D eigenvalue weighted by Gasteiger charge is -2.09. The number of nitrogens with zero attached hydrogens (tertiary/aromatic N) is 1. The summed E-state index contributed by atoms with van der Waals surface area (Å²) in [5.74, 6) is -0.349. The Kier molecular flexibility index (Phi) is 3.64. The molecule has 10 heavy (non-hydrogen) atoms. The average Bonchev–Trinajstić information content (AvgIpc) is 1.87. The van der Waals surface area contributed by atoms with E-state index in [9.17, 15) is 4.79 Å². The fraction of sp³-hybridized carbons (Fsp3) is 0.667. The number of alkyl halides is 1. The van der Waals surface area contributed by atoms with Gasteiger partial charge in [0, 0.05) is 0 Å². The molecule has 0 aliphatic heterocycles. The molecule has 0 aliphatic rings. The average molecular weight is 253 g/mol. The van der Waals surface area contributed by atoms with Gasteiger partial charge in [0.2, 0.25) is 0 Å². The predicted octanol–water partition coefficient (Wildman–Crippen LogP) is 1.27. The largest absolute Gasteiger partial charge is 0.469 e. The normalized spacial score (nSPS) is 15.0. The van der Waals surface area contributed by atoms with Gasteiger partial charge in [-0.1, -0.05) is 22.6 Å². The molecule has 0 aromatic heterocycles. The van der Waals surface area contributed by atoms with E-state index >= 15 is 0 Å². The summed E-state index contributed by atoms with van der Waals surface area (Å²) in [6.45, 7) is 1.68. The summed E-state index contributed by atoms with van der Waals surface area (Å²) in [5, 5.41) is 8.47. The van der Waals surface area contributed by atoms with Crippen LogP contribution in [0.15, 0.2) is 0 Å². The van der Waals surface area contributed by atoms with Crippen LogP contribution in [0.4, 0.5) is 0 Å². The summed E-state index contributed by atoms with van der Waals surface area (Å²) >= 11 is 1.92. The molecule has 56 valence electrons. The zero-order valence-corrected chi connectivity index (χ0v) is 8.01. The van der Waals surface area contributed by atoms with E-state index in [1.54, 1.807) is 6.92 Å². The summed E-state index contributed by atoms with van der Waals surface area (Å²) in [6.07, 6.45) is 0.139. The van der Waals surface area contributed by atoms with Crippen LogP contribution in [0, 0.1) is 11.3 Å². The lowest BCUT2D eigenvalue weighted by molar-refractivity contribution is -0.140. The predicted molar refractivity (Wildman–Crippen MR) is 44.7 cm³/mol. The molecule has 3 nitrogen and oxygen atoms in total. The lowest BCUT2D eigenvalue weighted by atomic mass is 10.1. The van der Waals surface area contributed by atoms with Gasteiger partial charge in [0.05, 0.1) is 19.6 Å². The molecule has 0 rings (SSSR count). The van der Waals surface area contributed by atoms with Crippen molar-refractivity contribution in [2.24, 2.45) is 0 Å². The highest BCUT2D eigenvalue weighted by molar-refractivity contribution is 14.1. The van der Waals surface area contributed by atoms with Gasteiger partial charge in [-0.05, 0) is 6.92 Å². The molecular weight excluding hydrogens is 245 g/mol. The fourth-order valence-electron chi connectivity index (χ4n) is 0.383. The highest BCUT2D eigenvalue weighted by Gasteiger charge is 2.23. The molecule has 1 unspecified atom stereocenters.